The van der Waals surface area contributed by atoms with E-state index >= 15 is 0 Å². The van der Waals surface area contributed by atoms with Crippen molar-refractivity contribution in [3.05, 3.63) is 36.2 Å². The maximum Gasteiger partial charge on any atom is 0.259 e. The van der Waals surface area contributed by atoms with Gasteiger partial charge in [0, 0.05) is 6.20 Å². The smallest absolute Gasteiger partial charge is 0.259 e. The van der Waals surface area contributed by atoms with Crippen LogP contribution in [0.4, 0.5) is 11.4 Å². The van der Waals surface area contributed by atoms with Crippen molar-refractivity contribution >= 4 is 17.3 Å². The molecule has 1 heterocycles. The van der Waals surface area contributed by atoms with Gasteiger partial charge in [0.1, 0.15) is 0 Å². The fraction of sp³-hybridized carbons (Fsp3) is 0. The number of nitrogens with one attached hydrogen (secondary N) is 2. The highest BCUT2D eigenvalue weighted by atomic mass is 16.3. The summed E-state index contributed by atoms with van der Waals surface area (Å²) in [5.41, 5.74) is 6.30. The molecule has 6 heteroatoms. The molecule has 1 amide bonds. The molecule has 0 radical (unpaired) electrons. The number of para-hydroxylation sites is 1. The lowest BCUT2D eigenvalue weighted by Gasteiger charge is -2.06. The Morgan fingerprint density at radius 2 is 2.31 bits per heavy atom. The highest BCUT2D eigenvalue weighted by Crippen LogP contribution is 2.24. The van der Waals surface area contributed by atoms with Crippen LogP contribution >= 0.6 is 0 Å². The SMILES string of the molecule is Nc1cccc(C(=O)Nc2cn[nH]c2)c1O. The van der Waals surface area contributed by atoms with E-state index in [1.54, 1.807) is 6.07 Å². The molecule has 6 nitrogen and oxygen atoms in total. The van der Waals surface area contributed by atoms with Gasteiger partial charge in [0.15, 0.2) is 5.75 Å². The lowest BCUT2D eigenvalue weighted by atomic mass is 10.1. The third-order valence-corrected chi connectivity index (χ3v) is 2.07. The number of hydrogen-bond donors (Lipinski definition) is 4. The molecule has 2 rings (SSSR count). The Balaban J connectivity index is 2.24. The number of hydrogen-bond acceptors (Lipinski definition) is 4. The Morgan fingerprint density at radius 3 is 3.00 bits per heavy atom. The van der Waals surface area contributed by atoms with Crippen LogP contribution in [0.2, 0.25) is 0 Å². The van der Waals surface area contributed by atoms with Crippen molar-refractivity contribution in [3.8, 4) is 5.75 Å². The van der Waals surface area contributed by atoms with E-state index in [2.05, 4.69) is 15.5 Å². The van der Waals surface area contributed by atoms with Gasteiger partial charge in [-0.2, -0.15) is 5.10 Å². The highest BCUT2D eigenvalue weighted by molar-refractivity contribution is 6.06. The van der Waals surface area contributed by atoms with E-state index < -0.39 is 5.91 Å². The number of rotatable bonds is 2. The van der Waals surface area contributed by atoms with Crippen molar-refractivity contribution in [2.24, 2.45) is 0 Å². The zero-order valence-electron chi connectivity index (χ0n) is 8.27. The zero-order chi connectivity index (χ0) is 11.5. The molecular weight excluding hydrogens is 208 g/mol. The number of aromatic nitrogens is 2. The Hall–Kier alpha value is -2.50. The Bertz CT molecular complexity index is 508. The normalized spacial score (nSPS) is 10.0. The molecule has 0 spiro atoms. The second kappa shape index (κ2) is 3.93. The number of aromatic amines is 1. The van der Waals surface area contributed by atoms with E-state index in [9.17, 15) is 9.90 Å². The third kappa shape index (κ3) is 1.81. The van der Waals surface area contributed by atoms with Crippen LogP contribution in [-0.4, -0.2) is 21.2 Å². The van der Waals surface area contributed by atoms with Gasteiger partial charge in [-0.1, -0.05) is 6.07 Å². The third-order valence-electron chi connectivity index (χ3n) is 2.07. The van der Waals surface area contributed by atoms with Crippen LogP contribution in [0.3, 0.4) is 0 Å². The van der Waals surface area contributed by atoms with Gasteiger partial charge < -0.3 is 16.2 Å². The topological polar surface area (TPSA) is 104 Å². The van der Waals surface area contributed by atoms with Crippen LogP contribution in [0.5, 0.6) is 5.75 Å². The molecule has 16 heavy (non-hydrogen) atoms. The summed E-state index contributed by atoms with van der Waals surface area (Å²) in [7, 11) is 0. The number of nitrogen functional groups attached to an aromatic ring is 1. The largest absolute Gasteiger partial charge is 0.505 e. The molecule has 1 aromatic carbocycles. The molecule has 0 saturated heterocycles. The second-order valence-electron chi connectivity index (χ2n) is 3.18. The molecule has 1 aromatic heterocycles. The summed E-state index contributed by atoms with van der Waals surface area (Å²) in [6, 6.07) is 4.60. The average Bonchev–Trinajstić information content (AvgIpc) is 2.74. The number of nitrogens with zero attached hydrogens (tertiary/aromatic N) is 1. The fourth-order valence-electron chi connectivity index (χ4n) is 1.26. The van der Waals surface area contributed by atoms with E-state index in [1.807, 2.05) is 0 Å². The van der Waals surface area contributed by atoms with Gasteiger partial charge in [-0.3, -0.25) is 9.89 Å². The van der Waals surface area contributed by atoms with Crippen LogP contribution < -0.4 is 11.1 Å². The molecule has 0 atom stereocenters. The van der Waals surface area contributed by atoms with Gasteiger partial charge in [-0.15, -0.1) is 0 Å². The van der Waals surface area contributed by atoms with Gasteiger partial charge in [-0.25, -0.2) is 0 Å². The number of H-pyrrole nitrogens is 1. The summed E-state index contributed by atoms with van der Waals surface area (Å²) < 4.78 is 0. The maximum atomic E-state index is 11.7. The first kappa shape index (κ1) is 10.0. The summed E-state index contributed by atoms with van der Waals surface area (Å²) in [5, 5.41) is 18.4. The van der Waals surface area contributed by atoms with Crippen LogP contribution in [-0.2, 0) is 0 Å². The van der Waals surface area contributed by atoms with E-state index in [0.717, 1.165) is 0 Å². The number of phenols is 1. The number of nitrogens with two attached hydrogens (primary N) is 1. The van der Waals surface area contributed by atoms with Crippen LogP contribution in [0, 0.1) is 0 Å². The molecule has 82 valence electrons. The highest BCUT2D eigenvalue weighted by Gasteiger charge is 2.13. The van der Waals surface area contributed by atoms with Crippen molar-refractivity contribution in [2.75, 3.05) is 11.1 Å². The van der Waals surface area contributed by atoms with E-state index in [1.165, 1.54) is 24.5 Å². The van der Waals surface area contributed by atoms with Crippen molar-refractivity contribution in [1.82, 2.24) is 10.2 Å². The summed E-state index contributed by atoms with van der Waals surface area (Å²) in [6.07, 6.45) is 2.99. The Labute approximate surface area is 91.1 Å². The number of benzene rings is 1. The van der Waals surface area contributed by atoms with Crippen molar-refractivity contribution in [3.63, 3.8) is 0 Å². The van der Waals surface area contributed by atoms with Gasteiger partial charge in [-0.05, 0) is 12.1 Å². The molecule has 0 unspecified atom stereocenters. The minimum absolute atomic E-state index is 0.126. The lowest BCUT2D eigenvalue weighted by molar-refractivity contribution is 0.102. The number of carbonyl (C=O) groups excluding carboxylic acids is 1. The predicted octanol–water partition coefficient (Wildman–Crippen LogP) is 0.950. The second-order valence-corrected chi connectivity index (χ2v) is 3.18. The molecule has 5 N–H and O–H groups in total. The van der Waals surface area contributed by atoms with Gasteiger partial charge in [0.2, 0.25) is 0 Å². The molecule has 0 aliphatic heterocycles. The molecular formula is C10H10N4O2. The van der Waals surface area contributed by atoms with E-state index in [0.29, 0.717) is 5.69 Å². The Morgan fingerprint density at radius 1 is 1.50 bits per heavy atom. The van der Waals surface area contributed by atoms with Crippen molar-refractivity contribution in [2.45, 2.75) is 0 Å². The zero-order valence-corrected chi connectivity index (χ0v) is 8.27. The van der Waals surface area contributed by atoms with Crippen molar-refractivity contribution < 1.29 is 9.90 Å². The molecule has 0 bridgehead atoms. The van der Waals surface area contributed by atoms with E-state index in [4.69, 9.17) is 5.73 Å². The monoisotopic (exact) mass is 218 g/mol. The standard InChI is InChI=1S/C10H10N4O2/c11-8-3-1-2-7(9(8)15)10(16)14-6-4-12-13-5-6/h1-5,15H,11H2,(H,12,13)(H,14,16). The lowest BCUT2D eigenvalue weighted by Crippen LogP contribution is -2.12. The number of phenolic OH excluding ortho intramolecular Hbond substituents is 1. The average molecular weight is 218 g/mol. The molecule has 0 aliphatic rings. The van der Waals surface area contributed by atoms with Crippen LogP contribution in [0.25, 0.3) is 0 Å². The maximum absolute atomic E-state index is 11.7. The predicted molar refractivity (Wildman–Crippen MR) is 59.1 cm³/mol. The summed E-state index contributed by atoms with van der Waals surface area (Å²) in [6.45, 7) is 0. The summed E-state index contributed by atoms with van der Waals surface area (Å²) in [5.74, 6) is -0.658. The first-order chi connectivity index (χ1) is 7.68. The number of aromatic hydroxyl groups is 1. The van der Waals surface area contributed by atoms with Gasteiger partial charge in [0.25, 0.3) is 5.91 Å². The minimum atomic E-state index is -0.439. The number of carbonyl (C=O) groups is 1. The molecule has 0 fully saturated rings. The molecule has 0 aliphatic carbocycles. The number of amides is 1. The summed E-state index contributed by atoms with van der Waals surface area (Å²) in [4.78, 5) is 11.7. The first-order valence-electron chi connectivity index (χ1n) is 4.56. The van der Waals surface area contributed by atoms with Crippen LogP contribution in [0.1, 0.15) is 10.4 Å². The fourth-order valence-corrected chi connectivity index (χ4v) is 1.26. The van der Waals surface area contributed by atoms with E-state index in [-0.39, 0.29) is 17.0 Å². The van der Waals surface area contributed by atoms with Crippen LogP contribution in [0.15, 0.2) is 30.6 Å². The molecule has 0 saturated carbocycles. The summed E-state index contributed by atoms with van der Waals surface area (Å²) >= 11 is 0. The van der Waals surface area contributed by atoms with Gasteiger partial charge in [0.05, 0.1) is 23.1 Å². The molecule has 2 aromatic rings. The van der Waals surface area contributed by atoms with Crippen molar-refractivity contribution in [1.29, 1.82) is 0 Å². The first-order valence-corrected chi connectivity index (χ1v) is 4.56. The minimum Gasteiger partial charge on any atom is -0.505 e. The van der Waals surface area contributed by atoms with Gasteiger partial charge >= 0.3 is 0 Å². The quantitative estimate of drug-likeness (QED) is 0.445. The number of anilines is 2. The Kier molecular flexibility index (Phi) is 2.47.